The number of para-hydroxylation sites is 2. The number of ether oxygens (including phenoxy) is 1. The Bertz CT molecular complexity index is 927. The van der Waals surface area contributed by atoms with E-state index in [-0.39, 0.29) is 11.7 Å². The fourth-order valence-corrected chi connectivity index (χ4v) is 3.20. The third-order valence-corrected chi connectivity index (χ3v) is 4.56. The van der Waals surface area contributed by atoms with E-state index in [0.717, 1.165) is 5.69 Å². The lowest BCUT2D eigenvalue weighted by molar-refractivity contribution is -0.118. The minimum atomic E-state index is -0.103. The minimum Gasteiger partial charge on any atom is -0.495 e. The van der Waals surface area contributed by atoms with Crippen LogP contribution in [0.15, 0.2) is 66.5 Å². The molecule has 0 bridgehead atoms. The molecule has 2 heterocycles. The normalized spacial score (nSPS) is 10.4. The maximum absolute atomic E-state index is 11.9. The van der Waals surface area contributed by atoms with E-state index in [1.807, 2.05) is 47.0 Å². The van der Waals surface area contributed by atoms with E-state index in [4.69, 9.17) is 4.74 Å². The van der Waals surface area contributed by atoms with Gasteiger partial charge >= 0.3 is 0 Å². The first-order chi connectivity index (χ1) is 13.2. The number of aromatic nitrogens is 4. The highest BCUT2D eigenvalue weighted by Gasteiger charge is 2.20. The number of nitrogens with one attached hydrogen (secondary N) is 1. The smallest absolute Gasteiger partial charge is 0.230 e. The first-order valence-electron chi connectivity index (χ1n) is 8.25. The van der Waals surface area contributed by atoms with Crippen molar-refractivity contribution in [2.45, 2.75) is 5.16 Å². The van der Waals surface area contributed by atoms with Gasteiger partial charge in [0.2, 0.25) is 5.91 Å². The molecule has 0 spiro atoms. The molecule has 0 fully saturated rings. The van der Waals surface area contributed by atoms with E-state index < -0.39 is 0 Å². The Morgan fingerprint density at radius 3 is 2.81 bits per heavy atom. The zero-order chi connectivity index (χ0) is 19.1. The number of hydrogen-bond donors (Lipinski definition) is 1. The van der Waals surface area contributed by atoms with Gasteiger partial charge < -0.3 is 10.1 Å². The average Bonchev–Trinajstić information content (AvgIpc) is 3.15. The fourth-order valence-electron chi connectivity index (χ4n) is 2.42. The van der Waals surface area contributed by atoms with Crippen molar-refractivity contribution in [1.82, 2.24) is 25.1 Å². The van der Waals surface area contributed by atoms with E-state index in [2.05, 4.69) is 27.1 Å². The Labute approximate surface area is 161 Å². The predicted octanol–water partition coefficient (Wildman–Crippen LogP) is 2.73. The second-order valence-electron chi connectivity index (χ2n) is 5.41. The molecule has 7 nitrogen and oxygen atoms in total. The summed E-state index contributed by atoms with van der Waals surface area (Å²) in [6, 6.07) is 13.2. The minimum absolute atomic E-state index is 0.103. The summed E-state index contributed by atoms with van der Waals surface area (Å²) in [5.41, 5.74) is 1.46. The van der Waals surface area contributed by atoms with Crippen molar-refractivity contribution in [2.24, 2.45) is 0 Å². The van der Waals surface area contributed by atoms with Crippen molar-refractivity contribution in [1.29, 1.82) is 0 Å². The summed E-state index contributed by atoms with van der Waals surface area (Å²) in [5.74, 6) is 1.36. The van der Waals surface area contributed by atoms with E-state index in [1.54, 1.807) is 19.4 Å². The van der Waals surface area contributed by atoms with E-state index in [1.165, 1.54) is 11.8 Å². The highest BCUT2D eigenvalue weighted by atomic mass is 32.2. The summed E-state index contributed by atoms with van der Waals surface area (Å²) in [5, 5.41) is 11.9. The molecule has 1 N–H and O–H groups in total. The van der Waals surface area contributed by atoms with E-state index in [0.29, 0.717) is 29.0 Å². The number of carbonyl (C=O) groups is 1. The average molecular weight is 381 g/mol. The Morgan fingerprint density at radius 1 is 1.26 bits per heavy atom. The van der Waals surface area contributed by atoms with Gasteiger partial charge in [-0.1, -0.05) is 36.0 Å². The predicted molar refractivity (Wildman–Crippen MR) is 105 cm³/mol. The summed E-state index contributed by atoms with van der Waals surface area (Å²) < 4.78 is 7.35. The molecule has 0 saturated carbocycles. The molecule has 3 aromatic rings. The first kappa shape index (κ1) is 18.7. The lowest BCUT2D eigenvalue weighted by Gasteiger charge is -2.13. The lowest BCUT2D eigenvalue weighted by atomic mass is 10.2. The molecule has 0 aliphatic rings. The van der Waals surface area contributed by atoms with Crippen LogP contribution in [0.25, 0.3) is 17.2 Å². The van der Waals surface area contributed by atoms with Gasteiger partial charge in [0.25, 0.3) is 0 Å². The molecule has 0 unspecified atom stereocenters. The van der Waals surface area contributed by atoms with Crippen LogP contribution in [0.3, 0.4) is 0 Å². The van der Waals surface area contributed by atoms with Crippen molar-refractivity contribution in [3.05, 3.63) is 61.3 Å². The van der Waals surface area contributed by atoms with Crippen molar-refractivity contribution in [3.8, 4) is 23.0 Å². The molecule has 1 amide bonds. The van der Waals surface area contributed by atoms with Crippen molar-refractivity contribution < 1.29 is 9.53 Å². The Hall–Kier alpha value is -3.13. The van der Waals surface area contributed by atoms with Crippen LogP contribution in [0.4, 0.5) is 0 Å². The monoisotopic (exact) mass is 381 g/mol. The molecule has 8 heteroatoms. The molecule has 0 saturated heterocycles. The molecule has 3 rings (SSSR count). The summed E-state index contributed by atoms with van der Waals surface area (Å²) in [7, 11) is 1.61. The molecule has 0 aliphatic heterocycles. The maximum atomic E-state index is 11.9. The summed E-state index contributed by atoms with van der Waals surface area (Å²) in [6.45, 7) is 4.02. The van der Waals surface area contributed by atoms with E-state index in [9.17, 15) is 4.79 Å². The van der Waals surface area contributed by atoms with Crippen molar-refractivity contribution in [2.75, 3.05) is 19.4 Å². The van der Waals surface area contributed by atoms with Gasteiger partial charge in [0.05, 0.1) is 18.6 Å². The first-order valence-corrected chi connectivity index (χ1v) is 9.23. The number of thioether (sulfide) groups is 1. The van der Waals surface area contributed by atoms with Gasteiger partial charge in [0, 0.05) is 12.7 Å². The second kappa shape index (κ2) is 9.00. The van der Waals surface area contributed by atoms with Gasteiger partial charge in [-0.25, -0.2) is 0 Å². The molecule has 0 radical (unpaired) electrons. The van der Waals surface area contributed by atoms with Crippen LogP contribution in [0, 0.1) is 0 Å². The Kier molecular flexibility index (Phi) is 6.22. The van der Waals surface area contributed by atoms with Crippen LogP contribution in [0.2, 0.25) is 0 Å². The zero-order valence-corrected chi connectivity index (χ0v) is 15.6. The van der Waals surface area contributed by atoms with Crippen LogP contribution in [0.5, 0.6) is 5.75 Å². The van der Waals surface area contributed by atoms with Gasteiger partial charge in [-0.05, 0) is 24.3 Å². The summed E-state index contributed by atoms with van der Waals surface area (Å²) >= 11 is 1.29. The van der Waals surface area contributed by atoms with Crippen LogP contribution in [0.1, 0.15) is 0 Å². The standard InChI is InChI=1S/C19H19N5O2S/c1-3-11-21-17(25)13-27-19-23-22-18(14-8-6-7-12-20-14)24(19)15-9-4-5-10-16(15)26-2/h3-10,12H,1,11,13H2,2H3,(H,21,25). The Balaban J connectivity index is 2.00. The van der Waals surface area contributed by atoms with E-state index >= 15 is 0 Å². The Morgan fingerprint density at radius 2 is 2.07 bits per heavy atom. The second-order valence-corrected chi connectivity index (χ2v) is 6.35. The van der Waals surface area contributed by atoms with Crippen molar-refractivity contribution in [3.63, 3.8) is 0 Å². The van der Waals surface area contributed by atoms with Gasteiger partial charge in [-0.15, -0.1) is 16.8 Å². The number of hydrogen-bond acceptors (Lipinski definition) is 6. The highest BCUT2D eigenvalue weighted by molar-refractivity contribution is 7.99. The third-order valence-electron chi connectivity index (χ3n) is 3.63. The van der Waals surface area contributed by atoms with Crippen LogP contribution in [-0.4, -0.2) is 45.1 Å². The molecule has 0 atom stereocenters. The van der Waals surface area contributed by atoms with Gasteiger partial charge in [0.1, 0.15) is 11.4 Å². The highest BCUT2D eigenvalue weighted by Crippen LogP contribution is 2.31. The molecule has 2 aromatic heterocycles. The topological polar surface area (TPSA) is 81.9 Å². The van der Waals surface area contributed by atoms with Gasteiger partial charge in [-0.2, -0.15) is 0 Å². The fraction of sp³-hybridized carbons (Fsp3) is 0.158. The molecule has 27 heavy (non-hydrogen) atoms. The number of nitrogens with zero attached hydrogens (tertiary/aromatic N) is 4. The number of amides is 1. The van der Waals surface area contributed by atoms with Crippen LogP contribution in [-0.2, 0) is 4.79 Å². The SMILES string of the molecule is C=CCNC(=O)CSc1nnc(-c2ccccn2)n1-c1ccccc1OC. The quantitative estimate of drug-likeness (QED) is 0.477. The molecule has 1 aromatic carbocycles. The van der Waals surface area contributed by atoms with Gasteiger partial charge in [0.15, 0.2) is 11.0 Å². The van der Waals surface area contributed by atoms with Gasteiger partial charge in [-0.3, -0.25) is 14.3 Å². The zero-order valence-electron chi connectivity index (χ0n) is 14.8. The molecule has 138 valence electrons. The largest absolute Gasteiger partial charge is 0.495 e. The molecular formula is C19H19N5O2S. The number of pyridine rings is 1. The summed E-state index contributed by atoms with van der Waals surface area (Å²) in [4.78, 5) is 16.3. The number of benzene rings is 1. The summed E-state index contributed by atoms with van der Waals surface area (Å²) in [6.07, 6.45) is 3.34. The maximum Gasteiger partial charge on any atom is 0.230 e. The molecule has 0 aliphatic carbocycles. The van der Waals surface area contributed by atoms with Crippen LogP contribution < -0.4 is 10.1 Å². The lowest BCUT2D eigenvalue weighted by Crippen LogP contribution is -2.25. The van der Waals surface area contributed by atoms with Crippen molar-refractivity contribution >= 4 is 17.7 Å². The number of carbonyl (C=O) groups excluding carboxylic acids is 1. The number of rotatable bonds is 8. The molecular weight excluding hydrogens is 362 g/mol. The van der Waals surface area contributed by atoms with Crippen LogP contribution >= 0.6 is 11.8 Å². The number of methoxy groups -OCH3 is 1. The third kappa shape index (κ3) is 4.35.